The molecule has 0 spiro atoms. The van der Waals surface area contributed by atoms with Gasteiger partial charge in [0.15, 0.2) is 0 Å². The lowest BCUT2D eigenvalue weighted by Gasteiger charge is -2.35. The van der Waals surface area contributed by atoms with Gasteiger partial charge in [-0.3, -0.25) is 4.98 Å². The number of anilines is 1. The summed E-state index contributed by atoms with van der Waals surface area (Å²) in [6.45, 7) is 7.95. The number of carbonyl (C=O) groups is 1. The van der Waals surface area contributed by atoms with Gasteiger partial charge < -0.3 is 14.7 Å². The zero-order valence-electron chi connectivity index (χ0n) is 12.3. The van der Waals surface area contributed by atoms with Crippen LogP contribution in [0.15, 0.2) is 6.07 Å². The average molecular weight is 278 g/mol. The molecule has 5 heteroatoms. The molecule has 0 aromatic carbocycles. The maximum absolute atomic E-state index is 11.5. The zero-order chi connectivity index (χ0) is 14.7. The Bertz CT molecular complexity index is 500. The zero-order valence-corrected chi connectivity index (χ0v) is 12.3. The maximum atomic E-state index is 11.5. The highest BCUT2D eigenvalue weighted by Gasteiger charge is 2.25. The first-order valence-electron chi connectivity index (χ1n) is 7.11. The van der Waals surface area contributed by atoms with Gasteiger partial charge in [-0.05, 0) is 39.7 Å². The Morgan fingerprint density at radius 1 is 1.55 bits per heavy atom. The second-order valence-electron chi connectivity index (χ2n) is 5.21. The van der Waals surface area contributed by atoms with E-state index in [1.54, 1.807) is 6.92 Å². The van der Waals surface area contributed by atoms with Crippen LogP contribution in [0.5, 0.6) is 0 Å². The summed E-state index contributed by atoms with van der Waals surface area (Å²) in [5.41, 5.74) is 2.51. The summed E-state index contributed by atoms with van der Waals surface area (Å²) >= 11 is 0. The van der Waals surface area contributed by atoms with Crippen molar-refractivity contribution in [2.45, 2.75) is 39.7 Å². The maximum Gasteiger partial charge on any atom is 0.339 e. The summed E-state index contributed by atoms with van der Waals surface area (Å²) in [6, 6.07) is 1.87. The lowest BCUT2D eigenvalue weighted by Crippen LogP contribution is -2.40. The van der Waals surface area contributed by atoms with Gasteiger partial charge in [0.05, 0.1) is 17.5 Å². The van der Waals surface area contributed by atoms with Gasteiger partial charge >= 0.3 is 5.97 Å². The van der Waals surface area contributed by atoms with Crippen LogP contribution < -0.4 is 4.90 Å². The normalized spacial score (nSPS) is 19.1. The van der Waals surface area contributed by atoms with Gasteiger partial charge in [0.2, 0.25) is 0 Å². The molecule has 1 fully saturated rings. The molecular formula is C15H22N2O3. The van der Waals surface area contributed by atoms with E-state index in [9.17, 15) is 9.90 Å². The molecule has 1 N–H and O–H groups in total. The van der Waals surface area contributed by atoms with E-state index < -0.39 is 5.97 Å². The largest absolute Gasteiger partial charge is 0.478 e. The molecule has 0 aliphatic carbocycles. The van der Waals surface area contributed by atoms with E-state index in [0.717, 1.165) is 37.3 Å². The van der Waals surface area contributed by atoms with Gasteiger partial charge in [-0.1, -0.05) is 0 Å². The number of aromatic nitrogens is 1. The third-order valence-electron chi connectivity index (χ3n) is 3.64. The first-order valence-corrected chi connectivity index (χ1v) is 7.11. The molecule has 1 aromatic heterocycles. The van der Waals surface area contributed by atoms with Crippen molar-refractivity contribution in [3.05, 3.63) is 23.0 Å². The van der Waals surface area contributed by atoms with Gasteiger partial charge in [-0.25, -0.2) is 4.79 Å². The molecule has 1 aliphatic heterocycles. The van der Waals surface area contributed by atoms with Crippen molar-refractivity contribution in [2.24, 2.45) is 0 Å². The molecule has 1 aliphatic rings. The highest BCUT2D eigenvalue weighted by molar-refractivity contribution is 5.95. The number of pyridine rings is 1. The number of carboxylic acids is 1. The van der Waals surface area contributed by atoms with Crippen molar-refractivity contribution in [1.82, 2.24) is 4.98 Å². The van der Waals surface area contributed by atoms with Crippen LogP contribution >= 0.6 is 0 Å². The van der Waals surface area contributed by atoms with Gasteiger partial charge in [0.1, 0.15) is 5.56 Å². The second kappa shape index (κ2) is 6.22. The van der Waals surface area contributed by atoms with Gasteiger partial charge in [-0.15, -0.1) is 0 Å². The van der Waals surface area contributed by atoms with E-state index in [4.69, 9.17) is 4.74 Å². The quantitative estimate of drug-likeness (QED) is 0.916. The van der Waals surface area contributed by atoms with E-state index in [-0.39, 0.29) is 6.10 Å². The number of hydrogen-bond donors (Lipinski definition) is 1. The fraction of sp³-hybridized carbons (Fsp3) is 0.600. The Morgan fingerprint density at radius 3 is 2.95 bits per heavy atom. The minimum atomic E-state index is -0.913. The van der Waals surface area contributed by atoms with Crippen molar-refractivity contribution < 1.29 is 14.6 Å². The first kappa shape index (κ1) is 14.8. The van der Waals surface area contributed by atoms with Crippen molar-refractivity contribution in [3.63, 3.8) is 0 Å². The Kier molecular flexibility index (Phi) is 4.60. The van der Waals surface area contributed by atoms with E-state index in [1.807, 2.05) is 19.9 Å². The standard InChI is InChI=1S/C15H22N2O3/c1-4-20-12-6-5-7-17(9-12)13-8-10(2)16-11(3)14(13)15(18)19/h8,12H,4-7,9H2,1-3H3,(H,18,19). The SMILES string of the molecule is CCOC1CCCN(c2cc(C)nc(C)c2C(=O)O)C1. The molecule has 20 heavy (non-hydrogen) atoms. The number of ether oxygens (including phenoxy) is 1. The minimum absolute atomic E-state index is 0.184. The molecule has 110 valence electrons. The predicted octanol–water partition coefficient (Wildman–Crippen LogP) is 2.40. The van der Waals surface area contributed by atoms with Gasteiger partial charge in [0.25, 0.3) is 0 Å². The second-order valence-corrected chi connectivity index (χ2v) is 5.21. The van der Waals surface area contributed by atoms with Crippen molar-refractivity contribution >= 4 is 11.7 Å². The lowest BCUT2D eigenvalue weighted by atomic mass is 10.0. The Hall–Kier alpha value is -1.62. The number of aromatic carboxylic acids is 1. The molecule has 1 atom stereocenters. The lowest BCUT2D eigenvalue weighted by molar-refractivity contribution is 0.0524. The van der Waals surface area contributed by atoms with E-state index in [2.05, 4.69) is 9.88 Å². The van der Waals surface area contributed by atoms with Crippen LogP contribution in [-0.4, -0.2) is 41.9 Å². The molecule has 0 radical (unpaired) electrons. The average Bonchev–Trinajstić information content (AvgIpc) is 2.38. The number of rotatable bonds is 4. The summed E-state index contributed by atoms with van der Waals surface area (Å²) in [5.74, 6) is -0.913. The smallest absolute Gasteiger partial charge is 0.339 e. The van der Waals surface area contributed by atoms with E-state index in [1.165, 1.54) is 0 Å². The minimum Gasteiger partial charge on any atom is -0.478 e. The van der Waals surface area contributed by atoms with Crippen LogP contribution in [0.25, 0.3) is 0 Å². The molecular weight excluding hydrogens is 256 g/mol. The van der Waals surface area contributed by atoms with Crippen LogP contribution in [0, 0.1) is 13.8 Å². The number of nitrogens with zero attached hydrogens (tertiary/aromatic N) is 2. The summed E-state index contributed by atoms with van der Waals surface area (Å²) in [4.78, 5) is 17.9. The highest BCUT2D eigenvalue weighted by Crippen LogP contribution is 2.27. The number of piperidine rings is 1. The molecule has 2 heterocycles. The highest BCUT2D eigenvalue weighted by atomic mass is 16.5. The topological polar surface area (TPSA) is 62.7 Å². The summed E-state index contributed by atoms with van der Waals surface area (Å²) in [7, 11) is 0. The fourth-order valence-electron chi connectivity index (χ4n) is 2.85. The molecule has 5 nitrogen and oxygen atoms in total. The third-order valence-corrected chi connectivity index (χ3v) is 3.64. The van der Waals surface area contributed by atoms with Crippen molar-refractivity contribution in [2.75, 3.05) is 24.6 Å². The van der Waals surface area contributed by atoms with Crippen LogP contribution in [0.2, 0.25) is 0 Å². The molecule has 1 aromatic rings. The predicted molar refractivity (Wildman–Crippen MR) is 77.5 cm³/mol. The first-order chi connectivity index (χ1) is 9.52. The van der Waals surface area contributed by atoms with E-state index in [0.29, 0.717) is 17.9 Å². The third kappa shape index (κ3) is 3.10. The fourth-order valence-corrected chi connectivity index (χ4v) is 2.85. The van der Waals surface area contributed by atoms with E-state index >= 15 is 0 Å². The molecule has 1 saturated heterocycles. The number of aryl methyl sites for hydroxylation is 2. The summed E-state index contributed by atoms with van der Waals surface area (Å²) in [5, 5.41) is 9.44. The van der Waals surface area contributed by atoms with Gasteiger partial charge in [0, 0.05) is 25.4 Å². The van der Waals surface area contributed by atoms with Crippen LogP contribution in [-0.2, 0) is 4.74 Å². The Labute approximate surface area is 119 Å². The molecule has 1 unspecified atom stereocenters. The summed E-state index contributed by atoms with van der Waals surface area (Å²) in [6.07, 6.45) is 2.24. The summed E-state index contributed by atoms with van der Waals surface area (Å²) < 4.78 is 5.69. The molecule has 0 saturated carbocycles. The van der Waals surface area contributed by atoms with Gasteiger partial charge in [-0.2, -0.15) is 0 Å². The Balaban J connectivity index is 2.33. The van der Waals surface area contributed by atoms with Crippen molar-refractivity contribution in [1.29, 1.82) is 0 Å². The number of carboxylic acid groups (broad SMARTS) is 1. The molecule has 2 rings (SSSR count). The van der Waals surface area contributed by atoms with Crippen LogP contribution in [0.1, 0.15) is 41.5 Å². The molecule has 0 amide bonds. The van der Waals surface area contributed by atoms with Crippen LogP contribution in [0.4, 0.5) is 5.69 Å². The number of hydrogen-bond acceptors (Lipinski definition) is 4. The molecule has 0 bridgehead atoms. The van der Waals surface area contributed by atoms with Crippen molar-refractivity contribution in [3.8, 4) is 0 Å². The monoisotopic (exact) mass is 278 g/mol. The Morgan fingerprint density at radius 2 is 2.30 bits per heavy atom. The van der Waals surface area contributed by atoms with Crippen LogP contribution in [0.3, 0.4) is 0 Å².